The Labute approximate surface area is 151 Å². The minimum absolute atomic E-state index is 0.0565. The van der Waals surface area contributed by atoms with Gasteiger partial charge in [-0.1, -0.05) is 32.0 Å². The van der Waals surface area contributed by atoms with Gasteiger partial charge in [0, 0.05) is 32.0 Å². The normalized spacial score (nSPS) is 12.2. The van der Waals surface area contributed by atoms with Crippen molar-refractivity contribution in [3.63, 3.8) is 0 Å². The number of carbonyl (C=O) groups is 2. The van der Waals surface area contributed by atoms with Crippen molar-refractivity contribution in [3.8, 4) is 0 Å². The van der Waals surface area contributed by atoms with Crippen LogP contribution in [0.4, 0.5) is 0 Å². The molecule has 0 saturated heterocycles. The van der Waals surface area contributed by atoms with E-state index in [-0.39, 0.29) is 34.5 Å². The highest BCUT2D eigenvalue weighted by molar-refractivity contribution is 6.36. The van der Waals surface area contributed by atoms with Crippen LogP contribution < -0.4 is 5.32 Å². The van der Waals surface area contributed by atoms with Gasteiger partial charge in [-0.25, -0.2) is 9.50 Å². The van der Waals surface area contributed by atoms with Gasteiger partial charge in [0.15, 0.2) is 11.3 Å². The molecule has 0 fully saturated rings. The van der Waals surface area contributed by atoms with Crippen LogP contribution in [-0.2, 0) is 4.79 Å². The van der Waals surface area contributed by atoms with Gasteiger partial charge in [0.1, 0.15) is 5.02 Å². The Balaban J connectivity index is 2.07. The molecule has 2 heterocycles. The zero-order chi connectivity index (χ0) is 18.6. The van der Waals surface area contributed by atoms with Crippen LogP contribution in [0.15, 0.2) is 31.1 Å². The van der Waals surface area contributed by atoms with Crippen molar-refractivity contribution in [3.05, 3.63) is 41.8 Å². The zero-order valence-electron chi connectivity index (χ0n) is 14.6. The van der Waals surface area contributed by atoms with Crippen LogP contribution >= 0.6 is 11.6 Å². The van der Waals surface area contributed by atoms with Crippen molar-refractivity contribution in [2.45, 2.75) is 26.3 Å². The fourth-order valence-corrected chi connectivity index (χ4v) is 2.68. The third-order valence-corrected chi connectivity index (χ3v) is 4.33. The molecule has 2 aromatic heterocycles. The Morgan fingerprint density at radius 1 is 1.48 bits per heavy atom. The van der Waals surface area contributed by atoms with Crippen molar-refractivity contribution in [2.24, 2.45) is 5.92 Å². The number of fused-ring (bicyclic) bond motifs is 1. The zero-order valence-corrected chi connectivity index (χ0v) is 15.3. The Morgan fingerprint density at radius 3 is 2.80 bits per heavy atom. The summed E-state index contributed by atoms with van der Waals surface area (Å²) in [5, 5.41) is 7.32. The quantitative estimate of drug-likeness (QED) is 0.764. The van der Waals surface area contributed by atoms with Gasteiger partial charge in [0.25, 0.3) is 5.91 Å². The highest BCUT2D eigenvalue weighted by Crippen LogP contribution is 2.21. The predicted molar refractivity (Wildman–Crippen MR) is 96.5 cm³/mol. The van der Waals surface area contributed by atoms with E-state index >= 15 is 0 Å². The van der Waals surface area contributed by atoms with Crippen LogP contribution in [0.25, 0.3) is 5.65 Å². The lowest BCUT2D eigenvalue weighted by atomic mass is 10.0. The lowest BCUT2D eigenvalue weighted by Crippen LogP contribution is -2.40. The molecule has 2 rings (SSSR count). The van der Waals surface area contributed by atoms with E-state index in [2.05, 4.69) is 22.0 Å². The number of hydrogen-bond acceptors (Lipinski definition) is 4. The SMILES string of the molecule is C=CC(=O)NC(CCN(C)C(=O)c1nn2cccnc2c1Cl)C(C)C. The summed E-state index contributed by atoms with van der Waals surface area (Å²) in [6, 6.07) is 1.66. The summed E-state index contributed by atoms with van der Waals surface area (Å²) < 4.78 is 1.48. The summed E-state index contributed by atoms with van der Waals surface area (Å²) >= 11 is 6.24. The summed E-state index contributed by atoms with van der Waals surface area (Å²) in [6.07, 6.45) is 5.14. The van der Waals surface area contributed by atoms with E-state index in [1.54, 1.807) is 30.4 Å². The number of hydrogen-bond donors (Lipinski definition) is 1. The second-order valence-electron chi connectivity index (χ2n) is 6.13. The van der Waals surface area contributed by atoms with Gasteiger partial charge in [-0.05, 0) is 24.5 Å². The van der Waals surface area contributed by atoms with Crippen LogP contribution in [0.1, 0.15) is 30.8 Å². The average Bonchev–Trinajstić information content (AvgIpc) is 2.94. The molecule has 0 spiro atoms. The standard InChI is InChI=1S/C17H22ClN5O2/c1-5-13(24)20-12(11(2)3)7-10-22(4)17(25)15-14(18)16-19-8-6-9-23(16)21-15/h5-6,8-9,11-12H,1,7,10H2,2-4H3,(H,20,24). The molecule has 0 aliphatic carbocycles. The second kappa shape index (κ2) is 8.11. The van der Waals surface area contributed by atoms with Crippen molar-refractivity contribution in [1.82, 2.24) is 24.8 Å². The minimum Gasteiger partial charge on any atom is -0.350 e. The van der Waals surface area contributed by atoms with Crippen LogP contribution in [0.3, 0.4) is 0 Å². The maximum atomic E-state index is 12.6. The van der Waals surface area contributed by atoms with Crippen LogP contribution in [0, 0.1) is 5.92 Å². The number of halogens is 1. The molecular formula is C17H22ClN5O2. The molecule has 2 amide bonds. The first kappa shape index (κ1) is 18.9. The second-order valence-corrected chi connectivity index (χ2v) is 6.51. The van der Waals surface area contributed by atoms with Crippen molar-refractivity contribution >= 4 is 29.1 Å². The van der Waals surface area contributed by atoms with Gasteiger partial charge in [-0.2, -0.15) is 5.10 Å². The summed E-state index contributed by atoms with van der Waals surface area (Å²) in [6.45, 7) is 7.94. The molecule has 1 unspecified atom stereocenters. The lowest BCUT2D eigenvalue weighted by molar-refractivity contribution is -0.117. The third kappa shape index (κ3) is 4.36. The molecule has 1 atom stereocenters. The van der Waals surface area contributed by atoms with Crippen LogP contribution in [0.5, 0.6) is 0 Å². The van der Waals surface area contributed by atoms with Gasteiger partial charge in [-0.15, -0.1) is 0 Å². The van der Waals surface area contributed by atoms with Crippen molar-refractivity contribution < 1.29 is 9.59 Å². The van der Waals surface area contributed by atoms with Crippen LogP contribution in [0.2, 0.25) is 5.02 Å². The number of aromatic nitrogens is 3. The van der Waals surface area contributed by atoms with Gasteiger partial charge in [-0.3, -0.25) is 9.59 Å². The molecule has 0 aliphatic heterocycles. The van der Waals surface area contributed by atoms with Crippen molar-refractivity contribution in [2.75, 3.05) is 13.6 Å². The van der Waals surface area contributed by atoms with E-state index in [9.17, 15) is 9.59 Å². The number of carbonyl (C=O) groups excluding carboxylic acids is 2. The first-order valence-electron chi connectivity index (χ1n) is 8.02. The number of nitrogens with zero attached hydrogens (tertiary/aromatic N) is 4. The number of rotatable bonds is 7. The van der Waals surface area contributed by atoms with E-state index in [0.29, 0.717) is 18.6 Å². The Morgan fingerprint density at radius 2 is 2.20 bits per heavy atom. The lowest BCUT2D eigenvalue weighted by Gasteiger charge is -2.24. The van der Waals surface area contributed by atoms with E-state index in [1.165, 1.54) is 10.6 Å². The molecule has 0 radical (unpaired) electrons. The monoisotopic (exact) mass is 363 g/mol. The Kier molecular flexibility index (Phi) is 6.14. The minimum atomic E-state index is -0.284. The molecule has 134 valence electrons. The van der Waals surface area contributed by atoms with E-state index in [4.69, 9.17) is 11.6 Å². The molecule has 7 nitrogen and oxygen atoms in total. The first-order chi connectivity index (χ1) is 11.8. The molecule has 8 heteroatoms. The topological polar surface area (TPSA) is 79.6 Å². The highest BCUT2D eigenvalue weighted by atomic mass is 35.5. The Hall–Kier alpha value is -2.41. The smallest absolute Gasteiger partial charge is 0.275 e. The maximum absolute atomic E-state index is 12.6. The first-order valence-corrected chi connectivity index (χ1v) is 8.40. The molecule has 0 saturated carbocycles. The molecule has 2 aromatic rings. The van der Waals surface area contributed by atoms with E-state index in [1.807, 2.05) is 13.8 Å². The molecular weight excluding hydrogens is 342 g/mol. The largest absolute Gasteiger partial charge is 0.350 e. The average molecular weight is 364 g/mol. The maximum Gasteiger partial charge on any atom is 0.275 e. The molecule has 0 bridgehead atoms. The van der Waals surface area contributed by atoms with Gasteiger partial charge < -0.3 is 10.2 Å². The van der Waals surface area contributed by atoms with Gasteiger partial charge >= 0.3 is 0 Å². The fourth-order valence-electron chi connectivity index (χ4n) is 2.42. The van der Waals surface area contributed by atoms with Gasteiger partial charge in [0.05, 0.1) is 0 Å². The molecule has 0 aromatic carbocycles. The van der Waals surface area contributed by atoms with Gasteiger partial charge in [0.2, 0.25) is 5.91 Å². The van der Waals surface area contributed by atoms with Crippen molar-refractivity contribution in [1.29, 1.82) is 0 Å². The summed E-state index contributed by atoms with van der Waals surface area (Å²) in [5.74, 6) is -0.273. The molecule has 25 heavy (non-hydrogen) atoms. The third-order valence-electron chi connectivity index (χ3n) is 3.98. The predicted octanol–water partition coefficient (Wildman–Crippen LogP) is 2.17. The Bertz CT molecular complexity index is 786. The number of nitrogens with one attached hydrogen (secondary N) is 1. The van der Waals surface area contributed by atoms with Crippen LogP contribution in [-0.4, -0.2) is 50.9 Å². The fraction of sp³-hybridized carbons (Fsp3) is 0.412. The van der Waals surface area contributed by atoms with E-state index < -0.39 is 0 Å². The summed E-state index contributed by atoms with van der Waals surface area (Å²) in [4.78, 5) is 29.8. The highest BCUT2D eigenvalue weighted by Gasteiger charge is 2.23. The summed E-state index contributed by atoms with van der Waals surface area (Å²) in [5.41, 5.74) is 0.610. The number of amides is 2. The molecule has 1 N–H and O–H groups in total. The molecule has 0 aliphatic rings. The van der Waals surface area contributed by atoms with E-state index in [0.717, 1.165) is 0 Å². The summed E-state index contributed by atoms with van der Waals surface area (Å²) in [7, 11) is 1.68.